The van der Waals surface area contributed by atoms with Crippen LogP contribution >= 0.6 is 0 Å². The number of imidazole rings is 1. The summed E-state index contributed by atoms with van der Waals surface area (Å²) in [6.07, 6.45) is -0.564. The summed E-state index contributed by atoms with van der Waals surface area (Å²) in [4.78, 5) is 17.2. The number of aliphatic hydroxyl groups is 1. The highest BCUT2D eigenvalue weighted by Crippen LogP contribution is 2.39. The number of rotatable bonds is 6. The van der Waals surface area contributed by atoms with Gasteiger partial charge in [-0.25, -0.2) is 9.78 Å². The number of aliphatic hydroxyl groups excluding tert-OH is 1. The number of fused-ring (bicyclic) bond motifs is 3. The first kappa shape index (κ1) is 22.3. The number of aromatic nitrogens is 2. The van der Waals surface area contributed by atoms with Crippen LogP contribution < -0.4 is 24.8 Å². The van der Waals surface area contributed by atoms with Crippen molar-refractivity contribution in [2.24, 2.45) is 0 Å². The van der Waals surface area contributed by atoms with Gasteiger partial charge in [0.05, 0.1) is 51.3 Å². The van der Waals surface area contributed by atoms with Crippen molar-refractivity contribution in [2.75, 3.05) is 33.3 Å². The van der Waals surface area contributed by atoms with Crippen LogP contribution in [0.25, 0.3) is 11.0 Å². The van der Waals surface area contributed by atoms with Crippen molar-refractivity contribution >= 4 is 22.8 Å². The molecule has 2 fully saturated rings. The SMILES string of the molecule is COc1ccc(NC(=O)NC2C3COC(O3)C(n3cnc4cc(OC)c(OC)cc43)C2O)cc1. The van der Waals surface area contributed by atoms with E-state index in [0.717, 1.165) is 0 Å². The third-order valence-corrected chi connectivity index (χ3v) is 6.18. The van der Waals surface area contributed by atoms with Gasteiger partial charge in [-0.1, -0.05) is 0 Å². The second-order valence-corrected chi connectivity index (χ2v) is 8.06. The second kappa shape index (κ2) is 9.01. The van der Waals surface area contributed by atoms with E-state index in [4.69, 9.17) is 23.7 Å². The molecule has 180 valence electrons. The number of amides is 2. The van der Waals surface area contributed by atoms with E-state index in [1.165, 1.54) is 0 Å². The van der Waals surface area contributed by atoms with E-state index in [0.29, 0.717) is 34.0 Å². The maximum atomic E-state index is 12.7. The highest BCUT2D eigenvalue weighted by Gasteiger charge is 2.51. The molecular weight excluding hydrogens is 444 g/mol. The number of ether oxygens (including phenoxy) is 5. The predicted molar refractivity (Wildman–Crippen MR) is 121 cm³/mol. The molecule has 2 aliphatic rings. The average Bonchev–Trinajstić information content (AvgIpc) is 3.47. The van der Waals surface area contributed by atoms with E-state index >= 15 is 0 Å². The number of carbonyl (C=O) groups excluding carboxylic acids is 1. The van der Waals surface area contributed by atoms with E-state index in [-0.39, 0.29) is 6.61 Å². The number of nitrogens with one attached hydrogen (secondary N) is 2. The van der Waals surface area contributed by atoms with Crippen molar-refractivity contribution in [1.29, 1.82) is 0 Å². The molecule has 5 atom stereocenters. The molecule has 2 aliphatic heterocycles. The summed E-state index contributed by atoms with van der Waals surface area (Å²) in [5.74, 6) is 1.76. The van der Waals surface area contributed by atoms with Gasteiger partial charge in [0, 0.05) is 17.8 Å². The maximum absolute atomic E-state index is 12.7. The van der Waals surface area contributed by atoms with Gasteiger partial charge in [-0.05, 0) is 24.3 Å². The Hall–Kier alpha value is -3.54. The minimum atomic E-state index is -1.00. The molecule has 3 aromatic rings. The van der Waals surface area contributed by atoms with Crippen molar-refractivity contribution in [3.05, 3.63) is 42.7 Å². The summed E-state index contributed by atoms with van der Waals surface area (Å²) >= 11 is 0. The van der Waals surface area contributed by atoms with Crippen molar-refractivity contribution in [3.63, 3.8) is 0 Å². The van der Waals surface area contributed by atoms with E-state index in [2.05, 4.69) is 15.6 Å². The minimum Gasteiger partial charge on any atom is -0.497 e. The Morgan fingerprint density at radius 3 is 2.56 bits per heavy atom. The first-order valence-corrected chi connectivity index (χ1v) is 10.8. The molecular formula is C23H26N4O7. The number of methoxy groups -OCH3 is 3. The van der Waals surface area contributed by atoms with Crippen LogP contribution in [0.3, 0.4) is 0 Å². The Morgan fingerprint density at radius 1 is 1.12 bits per heavy atom. The zero-order valence-electron chi connectivity index (χ0n) is 18.9. The van der Waals surface area contributed by atoms with E-state index in [1.807, 2.05) is 0 Å². The first-order valence-electron chi connectivity index (χ1n) is 10.8. The fourth-order valence-electron chi connectivity index (χ4n) is 4.46. The van der Waals surface area contributed by atoms with Gasteiger partial charge in [0.15, 0.2) is 17.8 Å². The Labute approximate surface area is 195 Å². The first-order chi connectivity index (χ1) is 16.5. The van der Waals surface area contributed by atoms with Crippen LogP contribution in [0, 0.1) is 0 Å². The lowest BCUT2D eigenvalue weighted by Gasteiger charge is -2.39. The Bertz CT molecular complexity index is 1180. The van der Waals surface area contributed by atoms with Crippen LogP contribution in [-0.2, 0) is 9.47 Å². The Morgan fingerprint density at radius 2 is 1.85 bits per heavy atom. The lowest BCUT2D eigenvalue weighted by molar-refractivity contribution is -0.162. The van der Waals surface area contributed by atoms with Crippen LogP contribution in [-0.4, -0.2) is 73.2 Å². The number of nitrogens with zero attached hydrogens (tertiary/aromatic N) is 2. The number of anilines is 1. The zero-order valence-corrected chi connectivity index (χ0v) is 18.9. The molecule has 1 aromatic heterocycles. The fourth-order valence-corrected chi connectivity index (χ4v) is 4.46. The smallest absolute Gasteiger partial charge is 0.319 e. The fraction of sp³-hybridized carbons (Fsp3) is 0.391. The summed E-state index contributed by atoms with van der Waals surface area (Å²) in [5.41, 5.74) is 1.95. The van der Waals surface area contributed by atoms with Crippen LogP contribution in [0.15, 0.2) is 42.7 Å². The summed E-state index contributed by atoms with van der Waals surface area (Å²) in [6, 6.07) is 8.66. The summed E-state index contributed by atoms with van der Waals surface area (Å²) in [7, 11) is 4.68. The average molecular weight is 470 g/mol. The van der Waals surface area contributed by atoms with Gasteiger partial charge < -0.3 is 44.0 Å². The monoisotopic (exact) mass is 470 g/mol. The molecule has 5 rings (SSSR count). The van der Waals surface area contributed by atoms with Crippen molar-refractivity contribution in [1.82, 2.24) is 14.9 Å². The molecule has 3 heterocycles. The zero-order chi connectivity index (χ0) is 23.8. The third kappa shape index (κ3) is 3.87. The van der Waals surface area contributed by atoms with Gasteiger partial charge in [-0.3, -0.25) is 0 Å². The van der Waals surface area contributed by atoms with E-state index in [9.17, 15) is 9.90 Å². The molecule has 3 N–H and O–H groups in total. The lowest BCUT2D eigenvalue weighted by atomic mass is 9.95. The highest BCUT2D eigenvalue weighted by atomic mass is 16.7. The third-order valence-electron chi connectivity index (χ3n) is 6.18. The topological polar surface area (TPSA) is 125 Å². The summed E-state index contributed by atoms with van der Waals surface area (Å²) in [5, 5.41) is 16.9. The van der Waals surface area contributed by atoms with E-state index in [1.54, 1.807) is 68.6 Å². The Kier molecular flexibility index (Phi) is 5.90. The largest absolute Gasteiger partial charge is 0.497 e. The second-order valence-electron chi connectivity index (χ2n) is 8.06. The minimum absolute atomic E-state index is 0.246. The number of urea groups is 1. The van der Waals surface area contributed by atoms with Crippen LogP contribution in [0.4, 0.5) is 10.5 Å². The molecule has 2 amide bonds. The molecule has 0 saturated carbocycles. The molecule has 0 spiro atoms. The molecule has 2 aromatic carbocycles. The highest BCUT2D eigenvalue weighted by molar-refractivity contribution is 5.89. The molecule has 34 heavy (non-hydrogen) atoms. The summed E-state index contributed by atoms with van der Waals surface area (Å²) < 4.78 is 29.5. The molecule has 0 aliphatic carbocycles. The molecule has 11 nitrogen and oxygen atoms in total. The van der Waals surface area contributed by atoms with Crippen molar-refractivity contribution in [2.45, 2.75) is 30.6 Å². The molecule has 11 heteroatoms. The van der Waals surface area contributed by atoms with Gasteiger partial charge in [0.25, 0.3) is 0 Å². The van der Waals surface area contributed by atoms with Gasteiger partial charge in [-0.2, -0.15) is 0 Å². The van der Waals surface area contributed by atoms with E-state index < -0.39 is 36.6 Å². The standard InChI is InChI=1S/C23H26N4O7/c1-30-13-6-4-12(5-7-13)25-23(29)26-19-18-10-33-22(34-18)20(21(19)28)27-11-24-14-8-16(31-2)17(32-3)9-15(14)27/h4-9,11,18-22,28H,10H2,1-3H3,(H2,25,26,29). The number of hydrogen-bond acceptors (Lipinski definition) is 8. The number of benzene rings is 2. The number of hydrogen-bond donors (Lipinski definition) is 3. The molecule has 2 bridgehead atoms. The van der Waals surface area contributed by atoms with Crippen LogP contribution in [0.2, 0.25) is 0 Å². The summed E-state index contributed by atoms with van der Waals surface area (Å²) in [6.45, 7) is 0.246. The lowest BCUT2D eigenvalue weighted by Crippen LogP contribution is -2.59. The Balaban J connectivity index is 1.39. The van der Waals surface area contributed by atoms with Gasteiger partial charge >= 0.3 is 6.03 Å². The van der Waals surface area contributed by atoms with Gasteiger partial charge in [-0.15, -0.1) is 0 Å². The number of carbonyl (C=O) groups is 1. The van der Waals surface area contributed by atoms with Crippen LogP contribution in [0.5, 0.6) is 17.2 Å². The molecule has 0 radical (unpaired) electrons. The van der Waals surface area contributed by atoms with Gasteiger partial charge in [0.2, 0.25) is 0 Å². The predicted octanol–water partition coefficient (Wildman–Crippen LogP) is 1.91. The molecule has 2 saturated heterocycles. The quantitative estimate of drug-likeness (QED) is 0.499. The normalized spacial score (nSPS) is 25.7. The molecule has 5 unspecified atom stereocenters. The van der Waals surface area contributed by atoms with Crippen molar-refractivity contribution in [3.8, 4) is 17.2 Å². The van der Waals surface area contributed by atoms with Crippen LogP contribution in [0.1, 0.15) is 6.04 Å². The van der Waals surface area contributed by atoms with Gasteiger partial charge in [0.1, 0.15) is 24.0 Å². The maximum Gasteiger partial charge on any atom is 0.319 e. The van der Waals surface area contributed by atoms with Crippen molar-refractivity contribution < 1.29 is 33.6 Å².